The zero-order chi connectivity index (χ0) is 23.1. The molecule has 3 nitrogen and oxygen atoms in total. The second kappa shape index (κ2) is 21.8. The predicted octanol–water partition coefficient (Wildman–Crippen LogP) is 8.75. The zero-order valence-electron chi connectivity index (χ0n) is 21.5. The molecule has 2 unspecified atom stereocenters. The number of unbranched alkanes of at least 4 members (excludes halogenated alkanes) is 12. The summed E-state index contributed by atoms with van der Waals surface area (Å²) in [6.45, 7) is 8.99. The monoisotopic (exact) mass is 448 g/mol. The topological polar surface area (TPSA) is 27.7 Å². The lowest BCUT2D eigenvalue weighted by Gasteiger charge is -2.20. The summed E-state index contributed by atoms with van der Waals surface area (Å²) >= 11 is 0. The van der Waals surface area contributed by atoms with Crippen LogP contribution in [0.25, 0.3) is 0 Å². The van der Waals surface area contributed by atoms with E-state index >= 15 is 0 Å². The Bertz CT molecular complexity index is 490. The first-order valence-corrected chi connectivity index (χ1v) is 13.7. The van der Waals surface area contributed by atoms with E-state index in [1.54, 1.807) is 0 Å². The first kappa shape index (κ1) is 29.0. The summed E-state index contributed by atoms with van der Waals surface area (Å²) in [5, 5.41) is 0. The van der Waals surface area contributed by atoms with E-state index in [2.05, 4.69) is 20.8 Å². The Kier molecular flexibility index (Phi) is 19.7. The number of ether oxygens (including phenoxy) is 3. The Morgan fingerprint density at radius 2 is 1.12 bits per heavy atom. The average molecular weight is 449 g/mol. The van der Waals surface area contributed by atoms with Crippen molar-refractivity contribution in [3.05, 3.63) is 30.3 Å². The highest BCUT2D eigenvalue weighted by Crippen LogP contribution is 2.14. The van der Waals surface area contributed by atoms with E-state index in [0.717, 1.165) is 38.4 Å². The lowest BCUT2D eigenvalue weighted by atomic mass is 10.0. The van der Waals surface area contributed by atoms with Crippen molar-refractivity contribution in [1.29, 1.82) is 0 Å². The quantitative estimate of drug-likeness (QED) is 0.157. The summed E-state index contributed by atoms with van der Waals surface area (Å²) in [6, 6.07) is 10.1. The van der Waals surface area contributed by atoms with E-state index in [-0.39, 0.29) is 6.10 Å². The van der Waals surface area contributed by atoms with Gasteiger partial charge in [0, 0.05) is 6.61 Å². The minimum Gasteiger partial charge on any atom is -0.494 e. The Balaban J connectivity index is 1.74. The van der Waals surface area contributed by atoms with Crippen LogP contribution in [0.3, 0.4) is 0 Å². The molecule has 0 spiro atoms. The maximum Gasteiger partial charge on any atom is 0.119 e. The molecule has 0 heterocycles. The Labute approximate surface area is 199 Å². The minimum atomic E-state index is 0.263. The summed E-state index contributed by atoms with van der Waals surface area (Å²) < 4.78 is 17.5. The van der Waals surface area contributed by atoms with Crippen LogP contribution in [-0.2, 0) is 9.47 Å². The third kappa shape index (κ3) is 17.5. The molecule has 1 aromatic rings. The molecule has 0 aromatic heterocycles. The van der Waals surface area contributed by atoms with E-state index in [0.29, 0.717) is 6.10 Å². The molecule has 0 bridgehead atoms. The van der Waals surface area contributed by atoms with Gasteiger partial charge in [0.1, 0.15) is 5.75 Å². The maximum absolute atomic E-state index is 5.96. The molecule has 0 radical (unpaired) electrons. The van der Waals surface area contributed by atoms with Crippen molar-refractivity contribution in [3.8, 4) is 5.75 Å². The van der Waals surface area contributed by atoms with Crippen LogP contribution < -0.4 is 4.74 Å². The Morgan fingerprint density at radius 3 is 1.62 bits per heavy atom. The van der Waals surface area contributed by atoms with Crippen molar-refractivity contribution >= 4 is 0 Å². The smallest absolute Gasteiger partial charge is 0.119 e. The lowest BCUT2D eigenvalue weighted by molar-refractivity contribution is -0.0534. The SMILES string of the molecule is CCC(C)OC(CC)COCCCCCCCCCCCCCCCOc1ccccc1. The summed E-state index contributed by atoms with van der Waals surface area (Å²) in [5.74, 6) is 0.994. The van der Waals surface area contributed by atoms with Crippen LogP contribution >= 0.6 is 0 Å². The van der Waals surface area contributed by atoms with E-state index in [9.17, 15) is 0 Å². The van der Waals surface area contributed by atoms with Gasteiger partial charge in [-0.2, -0.15) is 0 Å². The predicted molar refractivity (Wildman–Crippen MR) is 138 cm³/mol. The lowest BCUT2D eigenvalue weighted by Crippen LogP contribution is -2.24. The number of benzene rings is 1. The fraction of sp³-hybridized carbons (Fsp3) is 0.793. The summed E-state index contributed by atoms with van der Waals surface area (Å²) in [7, 11) is 0. The molecule has 186 valence electrons. The molecule has 0 aliphatic carbocycles. The Morgan fingerprint density at radius 1 is 0.625 bits per heavy atom. The summed E-state index contributed by atoms with van der Waals surface area (Å²) in [4.78, 5) is 0. The molecular weight excluding hydrogens is 396 g/mol. The highest BCUT2D eigenvalue weighted by molar-refractivity contribution is 5.20. The number of hydrogen-bond donors (Lipinski definition) is 0. The van der Waals surface area contributed by atoms with Crippen LogP contribution in [0, 0.1) is 0 Å². The normalized spacial score (nSPS) is 13.2. The van der Waals surface area contributed by atoms with Crippen LogP contribution in [0.4, 0.5) is 0 Å². The molecule has 32 heavy (non-hydrogen) atoms. The van der Waals surface area contributed by atoms with Gasteiger partial charge in [-0.15, -0.1) is 0 Å². The standard InChI is InChI=1S/C29H52O3/c1-4-27(3)32-28(5-2)26-30-24-20-15-13-11-9-7-6-8-10-12-14-16-21-25-31-29-22-18-17-19-23-29/h17-19,22-23,27-28H,4-16,20-21,24-26H2,1-3H3. The molecule has 2 atom stereocenters. The zero-order valence-corrected chi connectivity index (χ0v) is 21.5. The van der Waals surface area contributed by atoms with Gasteiger partial charge in [0.05, 0.1) is 25.4 Å². The third-order valence-corrected chi connectivity index (χ3v) is 6.20. The van der Waals surface area contributed by atoms with Gasteiger partial charge >= 0.3 is 0 Å². The van der Waals surface area contributed by atoms with Crippen LogP contribution in [-0.4, -0.2) is 32.0 Å². The fourth-order valence-electron chi connectivity index (χ4n) is 3.85. The summed E-state index contributed by atoms with van der Waals surface area (Å²) in [5.41, 5.74) is 0. The van der Waals surface area contributed by atoms with E-state index in [4.69, 9.17) is 14.2 Å². The molecular formula is C29H52O3. The van der Waals surface area contributed by atoms with Crippen molar-refractivity contribution in [3.63, 3.8) is 0 Å². The largest absolute Gasteiger partial charge is 0.494 e. The maximum atomic E-state index is 5.96. The van der Waals surface area contributed by atoms with Crippen molar-refractivity contribution in [2.45, 2.75) is 129 Å². The van der Waals surface area contributed by atoms with Crippen LogP contribution in [0.5, 0.6) is 5.75 Å². The van der Waals surface area contributed by atoms with Gasteiger partial charge < -0.3 is 14.2 Å². The van der Waals surface area contributed by atoms with Crippen LogP contribution in [0.1, 0.15) is 117 Å². The van der Waals surface area contributed by atoms with E-state index in [1.807, 2.05) is 30.3 Å². The first-order chi connectivity index (χ1) is 15.8. The third-order valence-electron chi connectivity index (χ3n) is 6.20. The van der Waals surface area contributed by atoms with Gasteiger partial charge in [0.25, 0.3) is 0 Å². The number of para-hydroxylation sites is 1. The molecule has 3 heteroatoms. The molecule has 1 rings (SSSR count). The van der Waals surface area contributed by atoms with Gasteiger partial charge in [-0.25, -0.2) is 0 Å². The second-order valence-corrected chi connectivity index (χ2v) is 9.22. The highest BCUT2D eigenvalue weighted by atomic mass is 16.5. The highest BCUT2D eigenvalue weighted by Gasteiger charge is 2.10. The molecule has 0 saturated heterocycles. The van der Waals surface area contributed by atoms with Gasteiger partial charge in [0.15, 0.2) is 0 Å². The van der Waals surface area contributed by atoms with Gasteiger partial charge in [-0.1, -0.05) is 103 Å². The molecule has 0 saturated carbocycles. The van der Waals surface area contributed by atoms with Crippen LogP contribution in [0.15, 0.2) is 30.3 Å². The summed E-state index contributed by atoms with van der Waals surface area (Å²) in [6.07, 6.45) is 20.2. The van der Waals surface area contributed by atoms with Crippen molar-refractivity contribution in [2.75, 3.05) is 19.8 Å². The fourth-order valence-corrected chi connectivity index (χ4v) is 3.85. The van der Waals surface area contributed by atoms with Crippen molar-refractivity contribution < 1.29 is 14.2 Å². The molecule has 0 aliphatic rings. The minimum absolute atomic E-state index is 0.263. The average Bonchev–Trinajstić information content (AvgIpc) is 2.82. The first-order valence-electron chi connectivity index (χ1n) is 13.7. The molecule has 0 aliphatic heterocycles. The van der Waals surface area contributed by atoms with Gasteiger partial charge in [-0.3, -0.25) is 0 Å². The molecule has 0 N–H and O–H groups in total. The van der Waals surface area contributed by atoms with E-state index < -0.39 is 0 Å². The van der Waals surface area contributed by atoms with Gasteiger partial charge in [-0.05, 0) is 44.7 Å². The molecule has 1 aromatic carbocycles. The molecule has 0 fully saturated rings. The number of hydrogen-bond acceptors (Lipinski definition) is 3. The number of rotatable bonds is 23. The van der Waals surface area contributed by atoms with E-state index in [1.165, 1.54) is 83.5 Å². The van der Waals surface area contributed by atoms with Crippen molar-refractivity contribution in [2.24, 2.45) is 0 Å². The molecule has 0 amide bonds. The van der Waals surface area contributed by atoms with Gasteiger partial charge in [0.2, 0.25) is 0 Å². The Hall–Kier alpha value is -1.06. The van der Waals surface area contributed by atoms with Crippen molar-refractivity contribution in [1.82, 2.24) is 0 Å². The van der Waals surface area contributed by atoms with Crippen LogP contribution in [0.2, 0.25) is 0 Å². The second-order valence-electron chi connectivity index (χ2n) is 9.22.